The maximum Gasteiger partial charge on any atom is 0.136 e. The zero-order valence-electron chi connectivity index (χ0n) is 16.1. The summed E-state index contributed by atoms with van der Waals surface area (Å²) in [5.74, 6) is 1.95. The summed E-state index contributed by atoms with van der Waals surface area (Å²) >= 11 is 0. The van der Waals surface area contributed by atoms with Crippen molar-refractivity contribution in [2.45, 2.75) is 19.3 Å². The highest BCUT2D eigenvalue weighted by Gasteiger charge is 2.28. The molecular weight excluding hydrogens is 353 g/mol. The Hall–Kier alpha value is -2.86. The number of anilines is 2. The largest absolute Gasteiger partial charge is 0.340 e. The molecule has 2 atom stereocenters. The fraction of sp³-hybridized carbons (Fsp3) is 0.318. The molecule has 5 nitrogen and oxygen atoms in total. The molecule has 0 saturated carbocycles. The van der Waals surface area contributed by atoms with Gasteiger partial charge in [-0.1, -0.05) is 13.0 Å². The lowest BCUT2D eigenvalue weighted by atomic mass is 9.86. The Labute approximate surface area is 164 Å². The summed E-state index contributed by atoms with van der Waals surface area (Å²) in [5.41, 5.74) is 2.42. The summed E-state index contributed by atoms with van der Waals surface area (Å²) in [6.07, 6.45) is 4.67. The molecule has 4 rings (SSSR count). The third kappa shape index (κ3) is 4.17. The number of nitrogens with one attached hydrogen (secondary N) is 1. The second-order valence-electron chi connectivity index (χ2n) is 7.51. The zero-order valence-corrected chi connectivity index (χ0v) is 16.1. The van der Waals surface area contributed by atoms with E-state index in [2.05, 4.69) is 29.2 Å². The molecule has 28 heavy (non-hydrogen) atoms. The zero-order chi connectivity index (χ0) is 19.5. The van der Waals surface area contributed by atoms with Crippen LogP contribution >= 0.6 is 0 Å². The molecule has 144 valence electrons. The first kappa shape index (κ1) is 18.5. The van der Waals surface area contributed by atoms with Crippen LogP contribution in [-0.4, -0.2) is 40.0 Å². The lowest BCUT2D eigenvalue weighted by Crippen LogP contribution is -2.36. The van der Waals surface area contributed by atoms with Gasteiger partial charge in [0.2, 0.25) is 0 Å². The van der Waals surface area contributed by atoms with E-state index in [0.29, 0.717) is 17.4 Å². The molecule has 2 unspecified atom stereocenters. The van der Waals surface area contributed by atoms with Crippen molar-refractivity contribution >= 4 is 11.5 Å². The second-order valence-corrected chi connectivity index (χ2v) is 7.51. The van der Waals surface area contributed by atoms with Crippen LogP contribution in [0.1, 0.15) is 25.1 Å². The van der Waals surface area contributed by atoms with Crippen LogP contribution < -0.4 is 5.32 Å². The van der Waals surface area contributed by atoms with Gasteiger partial charge >= 0.3 is 0 Å². The van der Waals surface area contributed by atoms with E-state index in [9.17, 15) is 4.39 Å². The molecule has 0 radical (unpaired) electrons. The molecule has 1 fully saturated rings. The maximum atomic E-state index is 13.6. The minimum atomic E-state index is -0.283. The molecule has 6 heteroatoms. The number of piperidine rings is 1. The van der Waals surface area contributed by atoms with E-state index >= 15 is 0 Å². The van der Waals surface area contributed by atoms with Gasteiger partial charge in [-0.05, 0) is 56.3 Å². The summed E-state index contributed by atoms with van der Waals surface area (Å²) in [5, 5.41) is 3.24. The Bertz CT molecular complexity index is 947. The van der Waals surface area contributed by atoms with Crippen LogP contribution in [0, 0.1) is 11.7 Å². The van der Waals surface area contributed by atoms with Crippen molar-refractivity contribution in [2.24, 2.45) is 5.92 Å². The molecule has 1 aliphatic heterocycles. The van der Waals surface area contributed by atoms with E-state index in [4.69, 9.17) is 9.97 Å². The van der Waals surface area contributed by atoms with Crippen LogP contribution in [0.2, 0.25) is 0 Å². The van der Waals surface area contributed by atoms with Crippen LogP contribution in [0.15, 0.2) is 54.9 Å². The number of rotatable bonds is 4. The van der Waals surface area contributed by atoms with Crippen molar-refractivity contribution in [1.82, 2.24) is 19.9 Å². The first-order chi connectivity index (χ1) is 13.6. The molecule has 1 N–H and O–H groups in total. The van der Waals surface area contributed by atoms with E-state index in [1.165, 1.54) is 12.1 Å². The average Bonchev–Trinajstić information content (AvgIpc) is 2.70. The molecule has 3 heterocycles. The number of benzene rings is 1. The number of hydrogen-bond acceptors (Lipinski definition) is 5. The van der Waals surface area contributed by atoms with Crippen molar-refractivity contribution < 1.29 is 4.39 Å². The third-order valence-electron chi connectivity index (χ3n) is 5.29. The molecular formula is C22H24FN5. The second kappa shape index (κ2) is 8.02. The Balaban J connectivity index is 1.74. The minimum absolute atomic E-state index is 0.253. The smallest absolute Gasteiger partial charge is 0.136 e. The van der Waals surface area contributed by atoms with Gasteiger partial charge in [-0.15, -0.1) is 0 Å². The summed E-state index contributed by atoms with van der Waals surface area (Å²) in [7, 11) is 2.13. The molecule has 3 aromatic rings. The van der Waals surface area contributed by atoms with E-state index < -0.39 is 0 Å². The monoisotopic (exact) mass is 377 g/mol. The van der Waals surface area contributed by atoms with E-state index in [0.717, 1.165) is 36.6 Å². The van der Waals surface area contributed by atoms with Gasteiger partial charge in [0.05, 0.1) is 5.69 Å². The highest BCUT2D eigenvalue weighted by Crippen LogP contribution is 2.32. The molecule has 0 amide bonds. The quantitative estimate of drug-likeness (QED) is 0.727. The number of pyridine rings is 1. The van der Waals surface area contributed by atoms with Gasteiger partial charge in [-0.25, -0.2) is 14.4 Å². The molecule has 1 saturated heterocycles. The third-order valence-corrected chi connectivity index (χ3v) is 5.29. The first-order valence-corrected chi connectivity index (χ1v) is 9.59. The summed E-state index contributed by atoms with van der Waals surface area (Å²) in [4.78, 5) is 16.2. The SMILES string of the molecule is CC1CCN(C)CC1c1nc(Nc2cccc(F)c2)cc(-c2cccnc2)n1. The van der Waals surface area contributed by atoms with Gasteiger partial charge in [-0.3, -0.25) is 4.98 Å². The van der Waals surface area contributed by atoms with Gasteiger partial charge in [-0.2, -0.15) is 0 Å². The molecule has 1 aromatic carbocycles. The summed E-state index contributed by atoms with van der Waals surface area (Å²) in [6, 6.07) is 12.2. The minimum Gasteiger partial charge on any atom is -0.340 e. The van der Waals surface area contributed by atoms with Crippen LogP contribution in [0.5, 0.6) is 0 Å². The molecule has 2 aromatic heterocycles. The van der Waals surface area contributed by atoms with Crippen LogP contribution in [0.4, 0.5) is 15.9 Å². The first-order valence-electron chi connectivity index (χ1n) is 9.59. The van der Waals surface area contributed by atoms with Crippen LogP contribution in [-0.2, 0) is 0 Å². The van der Waals surface area contributed by atoms with Gasteiger partial charge in [0.1, 0.15) is 17.5 Å². The van der Waals surface area contributed by atoms with Crippen LogP contribution in [0.3, 0.4) is 0 Å². The van der Waals surface area contributed by atoms with Crippen molar-refractivity contribution in [2.75, 3.05) is 25.5 Å². The predicted octanol–water partition coefficient (Wildman–Crippen LogP) is 4.48. The highest BCUT2D eigenvalue weighted by molar-refractivity contribution is 5.65. The topological polar surface area (TPSA) is 53.9 Å². The lowest BCUT2D eigenvalue weighted by Gasteiger charge is -2.34. The fourth-order valence-electron chi connectivity index (χ4n) is 3.64. The standard InChI is InChI=1S/C22H24FN5/c1-15-8-10-28(2)14-19(15)22-26-20(16-5-4-9-24-13-16)12-21(27-22)25-18-7-3-6-17(23)11-18/h3-7,9,11-13,15,19H,8,10,14H2,1-2H3,(H,25,26,27). The van der Waals surface area contributed by atoms with Crippen molar-refractivity contribution in [1.29, 1.82) is 0 Å². The normalized spacial score (nSPS) is 20.1. The number of nitrogens with zero attached hydrogens (tertiary/aromatic N) is 4. The number of hydrogen-bond donors (Lipinski definition) is 1. The van der Waals surface area contributed by atoms with E-state index in [1.54, 1.807) is 18.5 Å². The van der Waals surface area contributed by atoms with Gasteiger partial charge in [0, 0.05) is 42.2 Å². The Morgan fingerprint density at radius 1 is 1.14 bits per heavy atom. The van der Waals surface area contributed by atoms with E-state index in [1.807, 2.05) is 24.3 Å². The Morgan fingerprint density at radius 3 is 2.82 bits per heavy atom. The number of likely N-dealkylation sites (N-methyl/N-ethyl adjacent to an activating group) is 1. The lowest BCUT2D eigenvalue weighted by molar-refractivity contribution is 0.194. The van der Waals surface area contributed by atoms with E-state index in [-0.39, 0.29) is 11.7 Å². The number of aromatic nitrogens is 3. The Morgan fingerprint density at radius 2 is 2.04 bits per heavy atom. The van der Waals surface area contributed by atoms with Gasteiger partial charge < -0.3 is 10.2 Å². The Kier molecular flexibility index (Phi) is 5.30. The highest BCUT2D eigenvalue weighted by atomic mass is 19.1. The van der Waals surface area contributed by atoms with Crippen molar-refractivity contribution in [3.63, 3.8) is 0 Å². The molecule has 0 spiro atoms. The van der Waals surface area contributed by atoms with Crippen molar-refractivity contribution in [3.8, 4) is 11.3 Å². The molecule has 0 bridgehead atoms. The fourth-order valence-corrected chi connectivity index (χ4v) is 3.64. The van der Waals surface area contributed by atoms with Gasteiger partial charge in [0.25, 0.3) is 0 Å². The average molecular weight is 377 g/mol. The number of likely N-dealkylation sites (tertiary alicyclic amines) is 1. The maximum absolute atomic E-state index is 13.6. The number of halogens is 1. The summed E-state index contributed by atoms with van der Waals surface area (Å²) in [6.45, 7) is 4.28. The van der Waals surface area contributed by atoms with Crippen molar-refractivity contribution in [3.05, 3.63) is 66.5 Å². The van der Waals surface area contributed by atoms with Gasteiger partial charge in [0.15, 0.2) is 0 Å². The summed E-state index contributed by atoms with van der Waals surface area (Å²) < 4.78 is 13.6. The predicted molar refractivity (Wildman–Crippen MR) is 109 cm³/mol. The molecule has 0 aliphatic carbocycles. The van der Waals surface area contributed by atoms with Crippen LogP contribution in [0.25, 0.3) is 11.3 Å². The molecule has 1 aliphatic rings.